The van der Waals surface area contributed by atoms with E-state index in [0.717, 1.165) is 0 Å². The molecule has 51 valence electrons. The minimum absolute atomic E-state index is 0.00456. The lowest BCUT2D eigenvalue weighted by Gasteiger charge is -1.90. The second-order valence-corrected chi connectivity index (χ2v) is 1.69. The predicted octanol–water partition coefficient (Wildman–Crippen LogP) is -0.172. The number of hydrogen-bond acceptors (Lipinski definition) is 3. The van der Waals surface area contributed by atoms with Crippen LogP contribution in [0.3, 0.4) is 0 Å². The molecule has 0 atom stereocenters. The van der Waals surface area contributed by atoms with Gasteiger partial charge in [-0.3, -0.25) is 9.59 Å². The Kier molecular flexibility index (Phi) is 5.01. The maximum Gasteiger partial charge on any atom is 0.206 e. The maximum atomic E-state index is 10.4. The highest BCUT2D eigenvalue weighted by molar-refractivity contribution is 5.89. The van der Waals surface area contributed by atoms with Gasteiger partial charge in [0.05, 0.1) is 6.42 Å². The maximum absolute atomic E-state index is 10.4. The topological polar surface area (TPSA) is 54.4 Å². The van der Waals surface area contributed by atoms with E-state index in [4.69, 9.17) is 5.11 Å². The van der Waals surface area contributed by atoms with Gasteiger partial charge in [-0.2, -0.15) is 0 Å². The van der Waals surface area contributed by atoms with Crippen LogP contribution in [0, 0.1) is 0 Å². The molecule has 0 fully saturated rings. The van der Waals surface area contributed by atoms with Crippen molar-refractivity contribution >= 4 is 12.1 Å². The van der Waals surface area contributed by atoms with Crippen molar-refractivity contribution in [1.29, 1.82) is 0 Å². The molecule has 0 aromatic rings. The number of rotatable bonds is 5. The molecule has 3 nitrogen and oxygen atoms in total. The van der Waals surface area contributed by atoms with E-state index in [2.05, 4.69) is 0 Å². The summed E-state index contributed by atoms with van der Waals surface area (Å²) in [4.78, 5) is 20.0. The highest BCUT2D eigenvalue weighted by Crippen LogP contribution is 1.90. The summed E-state index contributed by atoms with van der Waals surface area (Å²) in [6, 6.07) is 0. The van der Waals surface area contributed by atoms with Gasteiger partial charge in [0.2, 0.25) is 6.29 Å². The third-order valence-corrected chi connectivity index (χ3v) is 0.883. The lowest BCUT2D eigenvalue weighted by Crippen LogP contribution is -1.98. The van der Waals surface area contributed by atoms with Gasteiger partial charge in [-0.1, -0.05) is 0 Å². The van der Waals surface area contributed by atoms with Crippen molar-refractivity contribution in [3.63, 3.8) is 0 Å². The van der Waals surface area contributed by atoms with E-state index in [1.807, 2.05) is 0 Å². The van der Waals surface area contributed by atoms with Crippen LogP contribution < -0.4 is 0 Å². The molecule has 1 N–H and O–H groups in total. The Morgan fingerprint density at radius 2 is 2.22 bits per heavy atom. The predicted molar refractivity (Wildman–Crippen MR) is 31.6 cm³/mol. The number of aliphatic hydroxyl groups excluding tert-OH is 1. The van der Waals surface area contributed by atoms with Crippen LogP contribution >= 0.6 is 0 Å². The van der Waals surface area contributed by atoms with Crippen molar-refractivity contribution in [1.82, 2.24) is 0 Å². The Labute approximate surface area is 53.7 Å². The number of carbonyl (C=O) groups excluding carboxylic acids is 2. The first-order valence-electron chi connectivity index (χ1n) is 2.79. The number of aliphatic hydroxyl groups is 1. The number of hydrogen-bond donors (Lipinski definition) is 1. The van der Waals surface area contributed by atoms with Gasteiger partial charge in [0.25, 0.3) is 0 Å². The second-order valence-electron chi connectivity index (χ2n) is 1.69. The van der Waals surface area contributed by atoms with Gasteiger partial charge in [0, 0.05) is 13.0 Å². The Morgan fingerprint density at radius 1 is 1.56 bits per heavy atom. The average Bonchev–Trinajstić information content (AvgIpc) is 1.85. The van der Waals surface area contributed by atoms with Crippen molar-refractivity contribution in [2.24, 2.45) is 0 Å². The summed E-state index contributed by atoms with van der Waals surface area (Å²) in [6.07, 6.45) is 2.08. The molecule has 0 heterocycles. The molecule has 1 radical (unpaired) electrons. The first-order chi connectivity index (χ1) is 4.31. The molecule has 0 saturated carbocycles. The van der Waals surface area contributed by atoms with E-state index in [-0.39, 0.29) is 25.2 Å². The molecule has 9 heavy (non-hydrogen) atoms. The Bertz CT molecular complexity index is 98.5. The molecule has 0 aromatic heterocycles. The van der Waals surface area contributed by atoms with E-state index in [0.29, 0.717) is 6.42 Å². The molecule has 3 heteroatoms. The minimum atomic E-state index is -0.154. The zero-order chi connectivity index (χ0) is 7.11. The summed E-state index contributed by atoms with van der Waals surface area (Å²) >= 11 is 0. The highest BCUT2D eigenvalue weighted by atomic mass is 16.3. The molecule has 0 saturated heterocycles. The van der Waals surface area contributed by atoms with Crippen LogP contribution in [0.2, 0.25) is 0 Å². The van der Waals surface area contributed by atoms with Crippen LogP contribution in [-0.2, 0) is 9.59 Å². The van der Waals surface area contributed by atoms with Crippen LogP contribution in [0.15, 0.2) is 0 Å². The lowest BCUT2D eigenvalue weighted by atomic mass is 10.2. The quantitative estimate of drug-likeness (QED) is 0.524. The summed E-state index contributed by atoms with van der Waals surface area (Å²) in [5.41, 5.74) is 0. The van der Waals surface area contributed by atoms with Gasteiger partial charge in [0.1, 0.15) is 5.78 Å². The number of carbonyl (C=O) groups is 1. The first kappa shape index (κ1) is 8.30. The van der Waals surface area contributed by atoms with Crippen LogP contribution in [0.1, 0.15) is 19.3 Å². The Balaban J connectivity index is 3.16. The Hall–Kier alpha value is -0.700. The standard InChI is InChI=1S/C6H9O3/c7-4-1-2-6(9)3-5-8/h7H,1-4H2. The van der Waals surface area contributed by atoms with Gasteiger partial charge >= 0.3 is 0 Å². The molecule has 0 rings (SSSR count). The normalized spacial score (nSPS) is 9.00. The smallest absolute Gasteiger partial charge is 0.206 e. The van der Waals surface area contributed by atoms with E-state index >= 15 is 0 Å². The second kappa shape index (κ2) is 5.44. The van der Waals surface area contributed by atoms with Crippen molar-refractivity contribution in [2.75, 3.05) is 6.61 Å². The third kappa shape index (κ3) is 5.17. The van der Waals surface area contributed by atoms with Gasteiger partial charge in [-0.15, -0.1) is 0 Å². The molecular weight excluding hydrogens is 120 g/mol. The SMILES string of the molecule is O=[C]CC(=O)CCCO. The summed E-state index contributed by atoms with van der Waals surface area (Å²) in [5.74, 6) is -0.154. The van der Waals surface area contributed by atoms with Crippen molar-refractivity contribution in [3.05, 3.63) is 0 Å². The molecule has 0 aliphatic heterocycles. The van der Waals surface area contributed by atoms with Gasteiger partial charge in [-0.05, 0) is 6.42 Å². The van der Waals surface area contributed by atoms with Crippen LogP contribution in [0.5, 0.6) is 0 Å². The first-order valence-corrected chi connectivity index (χ1v) is 2.79. The molecule has 0 unspecified atom stereocenters. The molecule has 0 aliphatic carbocycles. The summed E-state index contributed by atoms with van der Waals surface area (Å²) < 4.78 is 0. The van der Waals surface area contributed by atoms with Gasteiger partial charge < -0.3 is 5.11 Å². The fraction of sp³-hybridized carbons (Fsp3) is 0.667. The van der Waals surface area contributed by atoms with Gasteiger partial charge in [-0.25, -0.2) is 0 Å². The summed E-state index contributed by atoms with van der Waals surface area (Å²) in [5, 5.41) is 8.23. The number of Topliss-reactive ketones (excluding diaryl/α,β-unsaturated/α-hetero) is 1. The van der Waals surface area contributed by atoms with Gasteiger partial charge in [0.15, 0.2) is 0 Å². The third-order valence-electron chi connectivity index (χ3n) is 0.883. The average molecular weight is 129 g/mol. The van der Waals surface area contributed by atoms with E-state index in [1.54, 1.807) is 0 Å². The largest absolute Gasteiger partial charge is 0.396 e. The molecule has 0 bridgehead atoms. The molecule has 0 amide bonds. The van der Waals surface area contributed by atoms with Crippen LogP contribution in [0.25, 0.3) is 0 Å². The Morgan fingerprint density at radius 3 is 2.67 bits per heavy atom. The van der Waals surface area contributed by atoms with E-state index in [9.17, 15) is 9.59 Å². The fourth-order valence-electron chi connectivity index (χ4n) is 0.445. The molecule has 0 aliphatic rings. The summed E-state index contributed by atoms with van der Waals surface area (Å²) in [6.45, 7) is 0.00456. The van der Waals surface area contributed by atoms with Crippen molar-refractivity contribution in [2.45, 2.75) is 19.3 Å². The zero-order valence-electron chi connectivity index (χ0n) is 5.09. The number of ketones is 1. The minimum Gasteiger partial charge on any atom is -0.396 e. The lowest BCUT2D eigenvalue weighted by molar-refractivity contribution is -0.118. The van der Waals surface area contributed by atoms with Crippen LogP contribution in [0.4, 0.5) is 0 Å². The summed E-state index contributed by atoms with van der Waals surface area (Å²) in [7, 11) is 0. The molecule has 0 aromatic carbocycles. The molecule has 0 spiro atoms. The van der Waals surface area contributed by atoms with Crippen LogP contribution in [-0.4, -0.2) is 23.8 Å². The fourth-order valence-corrected chi connectivity index (χ4v) is 0.445. The van der Waals surface area contributed by atoms with Crippen molar-refractivity contribution in [3.8, 4) is 0 Å². The molecular formula is C6H9O3. The monoisotopic (exact) mass is 129 g/mol. The van der Waals surface area contributed by atoms with Crippen molar-refractivity contribution < 1.29 is 14.7 Å². The highest BCUT2D eigenvalue weighted by Gasteiger charge is 1.98. The zero-order valence-corrected chi connectivity index (χ0v) is 5.09. The van der Waals surface area contributed by atoms with E-state index in [1.165, 1.54) is 6.29 Å². The van der Waals surface area contributed by atoms with E-state index < -0.39 is 0 Å².